The van der Waals surface area contributed by atoms with Crippen molar-refractivity contribution in [2.24, 2.45) is 7.05 Å². The largest absolute Gasteiger partial charge is 0.281 e. The van der Waals surface area contributed by atoms with Gasteiger partial charge in [-0.25, -0.2) is 4.98 Å². The molecular weight excluding hydrogens is 194 g/mol. The first-order valence-electron chi connectivity index (χ1n) is 4.57. The van der Waals surface area contributed by atoms with E-state index >= 15 is 0 Å². The summed E-state index contributed by atoms with van der Waals surface area (Å²) in [6, 6.07) is 0. The molecule has 2 rings (SSSR count). The Morgan fingerprint density at radius 3 is 2.47 bits per heavy atom. The van der Waals surface area contributed by atoms with E-state index in [0.29, 0.717) is 16.9 Å². The summed E-state index contributed by atoms with van der Waals surface area (Å²) >= 11 is 0. The van der Waals surface area contributed by atoms with Crippen molar-refractivity contribution in [3.05, 3.63) is 44.2 Å². The maximum Gasteiger partial charge on any atom is 0.261 e. The van der Waals surface area contributed by atoms with Crippen LogP contribution in [0, 0.1) is 13.8 Å². The summed E-state index contributed by atoms with van der Waals surface area (Å²) in [5.74, 6) is 0.362. The molecule has 0 fully saturated rings. The summed E-state index contributed by atoms with van der Waals surface area (Å²) in [5.41, 5.74) is 0.814. The molecule has 0 aliphatic rings. The smallest absolute Gasteiger partial charge is 0.261 e. The number of rotatable bonds is 0. The molecule has 0 bridgehead atoms. The molecule has 2 heterocycles. The van der Waals surface area contributed by atoms with Crippen LogP contribution in [0.2, 0.25) is 0 Å². The summed E-state index contributed by atoms with van der Waals surface area (Å²) in [6.45, 7) is 3.37. The lowest BCUT2D eigenvalue weighted by Gasteiger charge is -2.06. The molecule has 0 saturated carbocycles. The van der Waals surface area contributed by atoms with E-state index in [9.17, 15) is 9.59 Å². The fourth-order valence-corrected chi connectivity index (χ4v) is 1.52. The van der Waals surface area contributed by atoms with Gasteiger partial charge >= 0.3 is 0 Å². The quantitative estimate of drug-likeness (QED) is 0.608. The fraction of sp³-hybridized carbons (Fsp3) is 0.300. The normalized spacial score (nSPS) is 10.9. The third kappa shape index (κ3) is 1.27. The summed E-state index contributed by atoms with van der Waals surface area (Å²) in [5, 5.41) is 0. The minimum Gasteiger partial charge on any atom is -0.281 e. The van der Waals surface area contributed by atoms with E-state index in [1.54, 1.807) is 20.9 Å². The first-order valence-corrected chi connectivity index (χ1v) is 4.57. The van der Waals surface area contributed by atoms with E-state index < -0.39 is 0 Å². The molecule has 0 atom stereocenters. The van der Waals surface area contributed by atoms with Crippen LogP contribution in [-0.2, 0) is 7.05 Å². The minimum absolute atomic E-state index is 0.134. The highest BCUT2D eigenvalue weighted by Gasteiger charge is 2.06. The SMILES string of the molecule is Cc1cn2c(=O)c(C)cnc2n(C)c1=O. The second-order valence-electron chi connectivity index (χ2n) is 3.59. The molecule has 0 spiro atoms. The van der Waals surface area contributed by atoms with Crippen LogP contribution < -0.4 is 11.1 Å². The zero-order valence-electron chi connectivity index (χ0n) is 8.81. The molecule has 0 amide bonds. The Bertz CT molecular complexity index is 652. The number of nitrogens with zero attached hydrogens (tertiary/aromatic N) is 3. The molecule has 0 radical (unpaired) electrons. The van der Waals surface area contributed by atoms with Crippen LogP contribution in [-0.4, -0.2) is 14.0 Å². The Hall–Kier alpha value is -1.91. The van der Waals surface area contributed by atoms with Gasteiger partial charge in [0, 0.05) is 30.6 Å². The molecule has 5 heteroatoms. The van der Waals surface area contributed by atoms with Crippen molar-refractivity contribution in [2.75, 3.05) is 0 Å². The van der Waals surface area contributed by atoms with Crippen LogP contribution >= 0.6 is 0 Å². The van der Waals surface area contributed by atoms with Crippen molar-refractivity contribution in [3.8, 4) is 0 Å². The summed E-state index contributed by atoms with van der Waals surface area (Å²) in [6.07, 6.45) is 3.01. The Kier molecular flexibility index (Phi) is 1.96. The first-order chi connectivity index (χ1) is 7.02. The highest BCUT2D eigenvalue weighted by atomic mass is 16.1. The molecule has 0 aliphatic carbocycles. The van der Waals surface area contributed by atoms with Gasteiger partial charge in [-0.1, -0.05) is 0 Å². The third-order valence-corrected chi connectivity index (χ3v) is 2.41. The topological polar surface area (TPSA) is 56.4 Å². The van der Waals surface area contributed by atoms with Gasteiger partial charge in [0.15, 0.2) is 0 Å². The van der Waals surface area contributed by atoms with Gasteiger partial charge in [0.2, 0.25) is 5.78 Å². The van der Waals surface area contributed by atoms with Crippen molar-refractivity contribution < 1.29 is 0 Å². The van der Waals surface area contributed by atoms with E-state index in [4.69, 9.17) is 0 Å². The maximum atomic E-state index is 11.8. The molecule has 2 aromatic rings. The van der Waals surface area contributed by atoms with Gasteiger partial charge in [0.05, 0.1) is 0 Å². The van der Waals surface area contributed by atoms with Crippen LogP contribution in [0.1, 0.15) is 11.1 Å². The second-order valence-corrected chi connectivity index (χ2v) is 3.59. The lowest BCUT2D eigenvalue weighted by atomic mass is 10.3. The average molecular weight is 205 g/mol. The lowest BCUT2D eigenvalue weighted by molar-refractivity contribution is 0.799. The average Bonchev–Trinajstić information content (AvgIpc) is 2.21. The van der Waals surface area contributed by atoms with Crippen molar-refractivity contribution >= 4 is 5.78 Å². The Labute approximate surface area is 85.6 Å². The Morgan fingerprint density at radius 2 is 1.80 bits per heavy atom. The number of fused-ring (bicyclic) bond motifs is 1. The Balaban J connectivity index is 3.13. The van der Waals surface area contributed by atoms with Gasteiger partial charge in [0.1, 0.15) is 0 Å². The van der Waals surface area contributed by atoms with Crippen LogP contribution in [0.5, 0.6) is 0 Å². The second kappa shape index (κ2) is 3.05. The summed E-state index contributed by atoms with van der Waals surface area (Å²) in [4.78, 5) is 27.4. The number of hydrogen-bond acceptors (Lipinski definition) is 3. The third-order valence-electron chi connectivity index (χ3n) is 2.41. The van der Waals surface area contributed by atoms with E-state index in [0.717, 1.165) is 0 Å². The van der Waals surface area contributed by atoms with Gasteiger partial charge < -0.3 is 0 Å². The molecule has 0 N–H and O–H groups in total. The van der Waals surface area contributed by atoms with Crippen LogP contribution in [0.25, 0.3) is 5.78 Å². The van der Waals surface area contributed by atoms with Gasteiger partial charge in [-0.3, -0.25) is 18.6 Å². The van der Waals surface area contributed by atoms with Crippen LogP contribution in [0.3, 0.4) is 0 Å². The summed E-state index contributed by atoms with van der Waals surface area (Å²) in [7, 11) is 1.60. The summed E-state index contributed by atoms with van der Waals surface area (Å²) < 4.78 is 2.77. The standard InChI is InChI=1S/C10H11N3O2/c1-6-4-11-10-12(3)8(14)7(2)5-13(10)9(6)15/h4-5H,1-3H3. The van der Waals surface area contributed by atoms with E-state index in [1.165, 1.54) is 21.4 Å². The highest BCUT2D eigenvalue weighted by molar-refractivity contribution is 5.31. The molecule has 5 nitrogen and oxygen atoms in total. The van der Waals surface area contributed by atoms with Gasteiger partial charge in [-0.15, -0.1) is 0 Å². The number of aryl methyl sites for hydroxylation is 3. The molecule has 0 saturated heterocycles. The molecule has 15 heavy (non-hydrogen) atoms. The predicted molar refractivity (Wildman–Crippen MR) is 56.2 cm³/mol. The Morgan fingerprint density at radius 1 is 1.13 bits per heavy atom. The first kappa shape index (κ1) is 9.64. The minimum atomic E-state index is -0.140. The molecular formula is C10H11N3O2. The monoisotopic (exact) mass is 205 g/mol. The lowest BCUT2D eigenvalue weighted by Crippen LogP contribution is -2.28. The van der Waals surface area contributed by atoms with Gasteiger partial charge in [-0.05, 0) is 13.8 Å². The zero-order chi connectivity index (χ0) is 11.2. The molecule has 0 unspecified atom stereocenters. The highest BCUT2D eigenvalue weighted by Crippen LogP contribution is 1.95. The number of hydrogen-bond donors (Lipinski definition) is 0. The van der Waals surface area contributed by atoms with Crippen molar-refractivity contribution in [1.82, 2.24) is 14.0 Å². The zero-order valence-corrected chi connectivity index (χ0v) is 8.81. The van der Waals surface area contributed by atoms with Crippen molar-refractivity contribution in [1.29, 1.82) is 0 Å². The molecule has 0 aromatic carbocycles. The number of aromatic nitrogens is 3. The van der Waals surface area contributed by atoms with E-state index in [1.807, 2.05) is 0 Å². The molecule has 2 aromatic heterocycles. The maximum absolute atomic E-state index is 11.8. The predicted octanol–water partition coefficient (Wildman–Crippen LogP) is 0.0100. The van der Waals surface area contributed by atoms with Crippen LogP contribution in [0.15, 0.2) is 22.0 Å². The van der Waals surface area contributed by atoms with Crippen molar-refractivity contribution in [3.63, 3.8) is 0 Å². The fourth-order valence-electron chi connectivity index (χ4n) is 1.52. The van der Waals surface area contributed by atoms with E-state index in [2.05, 4.69) is 4.98 Å². The van der Waals surface area contributed by atoms with Gasteiger partial charge in [-0.2, -0.15) is 0 Å². The molecule has 0 aliphatic heterocycles. The van der Waals surface area contributed by atoms with Gasteiger partial charge in [0.25, 0.3) is 11.1 Å². The van der Waals surface area contributed by atoms with Crippen molar-refractivity contribution in [2.45, 2.75) is 13.8 Å². The van der Waals surface area contributed by atoms with E-state index in [-0.39, 0.29) is 11.1 Å². The van der Waals surface area contributed by atoms with Crippen LogP contribution in [0.4, 0.5) is 0 Å². The molecule has 78 valence electrons.